The van der Waals surface area contributed by atoms with E-state index in [1.165, 1.54) is 0 Å². The molecular formula is C8H11NOS. The predicted molar refractivity (Wildman–Crippen MR) is 50.6 cm³/mol. The predicted octanol–water partition coefficient (Wildman–Crippen LogP) is 1.68. The van der Waals surface area contributed by atoms with Crippen molar-refractivity contribution in [3.63, 3.8) is 0 Å². The molecule has 0 radical (unpaired) electrons. The number of para-hydroxylation sites is 1. The van der Waals surface area contributed by atoms with Crippen molar-refractivity contribution in [3.05, 3.63) is 30.3 Å². The molecule has 0 aliphatic carbocycles. The van der Waals surface area contributed by atoms with Crippen molar-refractivity contribution in [1.82, 2.24) is 0 Å². The first-order valence-electron chi connectivity index (χ1n) is 3.13. The van der Waals surface area contributed by atoms with Crippen LogP contribution in [-0.2, 0) is 0 Å². The van der Waals surface area contributed by atoms with Crippen molar-refractivity contribution in [2.75, 3.05) is 0 Å². The number of hydrogen-bond donors (Lipinski definition) is 2. The van der Waals surface area contributed by atoms with Crippen LogP contribution < -0.4 is 5.73 Å². The van der Waals surface area contributed by atoms with Crippen molar-refractivity contribution < 1.29 is 5.11 Å². The lowest BCUT2D eigenvalue weighted by Crippen LogP contribution is -1.98. The van der Waals surface area contributed by atoms with Crippen molar-refractivity contribution in [1.29, 1.82) is 0 Å². The summed E-state index contributed by atoms with van der Waals surface area (Å²) in [5.74, 6) is 0.322. The number of thiocarbonyl (C=S) groups is 1. The first-order valence-corrected chi connectivity index (χ1v) is 3.54. The number of benzene rings is 1. The van der Waals surface area contributed by atoms with E-state index >= 15 is 0 Å². The van der Waals surface area contributed by atoms with Gasteiger partial charge in [0.25, 0.3) is 0 Å². The van der Waals surface area contributed by atoms with Crippen LogP contribution in [0.2, 0.25) is 0 Å². The highest BCUT2D eigenvalue weighted by Crippen LogP contribution is 2.02. The summed E-state index contributed by atoms with van der Waals surface area (Å²) in [5, 5.41) is 8.63. The maximum Gasteiger partial charge on any atom is 0.115 e. The Morgan fingerprint density at radius 3 is 1.91 bits per heavy atom. The van der Waals surface area contributed by atoms with Gasteiger partial charge in [-0.25, -0.2) is 0 Å². The van der Waals surface area contributed by atoms with Gasteiger partial charge < -0.3 is 10.8 Å². The molecule has 0 fully saturated rings. The Kier molecular flexibility index (Phi) is 5.11. The van der Waals surface area contributed by atoms with Gasteiger partial charge in [-0.05, 0) is 19.1 Å². The van der Waals surface area contributed by atoms with Gasteiger partial charge >= 0.3 is 0 Å². The Morgan fingerprint density at radius 1 is 1.36 bits per heavy atom. The molecule has 0 amide bonds. The van der Waals surface area contributed by atoms with Gasteiger partial charge in [-0.3, -0.25) is 0 Å². The highest BCUT2D eigenvalue weighted by atomic mass is 32.1. The SMILES string of the molecule is CC(N)=S.Oc1ccccc1. The lowest BCUT2D eigenvalue weighted by atomic mass is 10.3. The fraction of sp³-hybridized carbons (Fsp3) is 0.125. The fourth-order valence-electron chi connectivity index (χ4n) is 0.428. The molecule has 60 valence electrons. The summed E-state index contributed by atoms with van der Waals surface area (Å²) in [6, 6.07) is 8.71. The Bertz CT molecular complexity index is 207. The number of rotatable bonds is 0. The van der Waals surface area contributed by atoms with Gasteiger partial charge in [0.1, 0.15) is 5.75 Å². The average molecular weight is 169 g/mol. The second kappa shape index (κ2) is 5.68. The van der Waals surface area contributed by atoms with Gasteiger partial charge in [0.2, 0.25) is 0 Å². The minimum Gasteiger partial charge on any atom is -0.508 e. The summed E-state index contributed by atoms with van der Waals surface area (Å²) >= 11 is 4.31. The van der Waals surface area contributed by atoms with Gasteiger partial charge in [-0.2, -0.15) is 0 Å². The molecule has 1 rings (SSSR count). The number of nitrogens with two attached hydrogens (primary N) is 1. The second-order valence-corrected chi connectivity index (χ2v) is 2.59. The van der Waals surface area contributed by atoms with E-state index < -0.39 is 0 Å². The van der Waals surface area contributed by atoms with Gasteiger partial charge in [0, 0.05) is 0 Å². The number of hydrogen-bond acceptors (Lipinski definition) is 2. The van der Waals surface area contributed by atoms with E-state index in [2.05, 4.69) is 12.2 Å². The van der Waals surface area contributed by atoms with E-state index in [1.54, 1.807) is 31.2 Å². The summed E-state index contributed by atoms with van der Waals surface area (Å²) in [7, 11) is 0. The van der Waals surface area contributed by atoms with Crippen LogP contribution >= 0.6 is 12.2 Å². The Balaban J connectivity index is 0.000000218. The molecule has 2 nitrogen and oxygen atoms in total. The molecule has 0 spiro atoms. The molecule has 11 heavy (non-hydrogen) atoms. The zero-order chi connectivity index (χ0) is 8.69. The van der Waals surface area contributed by atoms with E-state index in [0.29, 0.717) is 10.7 Å². The van der Waals surface area contributed by atoms with Gasteiger partial charge in [0.05, 0.1) is 4.99 Å². The summed E-state index contributed by atoms with van der Waals surface area (Å²) < 4.78 is 0. The molecule has 0 heterocycles. The Labute approximate surface area is 71.7 Å². The van der Waals surface area contributed by atoms with Crippen LogP contribution in [0.25, 0.3) is 0 Å². The number of aromatic hydroxyl groups is 1. The summed E-state index contributed by atoms with van der Waals surface area (Å²) in [6.07, 6.45) is 0. The standard InChI is InChI=1S/C6H6O.C2H5NS/c7-6-4-2-1-3-5-6;1-2(3)4/h1-5,7H;1H3,(H2,3,4). The lowest BCUT2D eigenvalue weighted by molar-refractivity contribution is 0.475. The molecule has 0 saturated heterocycles. The van der Waals surface area contributed by atoms with Gasteiger partial charge in [-0.15, -0.1) is 0 Å². The summed E-state index contributed by atoms with van der Waals surface area (Å²) in [5.41, 5.74) is 4.84. The summed E-state index contributed by atoms with van der Waals surface area (Å²) in [4.78, 5) is 0.500. The maximum atomic E-state index is 8.63. The van der Waals surface area contributed by atoms with Gasteiger partial charge in [0.15, 0.2) is 0 Å². The topological polar surface area (TPSA) is 46.2 Å². The zero-order valence-corrected chi connectivity index (χ0v) is 7.14. The van der Waals surface area contributed by atoms with E-state index in [1.807, 2.05) is 6.07 Å². The normalized spacial score (nSPS) is 7.73. The molecule has 0 atom stereocenters. The van der Waals surface area contributed by atoms with Crippen molar-refractivity contribution >= 4 is 17.2 Å². The maximum absolute atomic E-state index is 8.63. The van der Waals surface area contributed by atoms with Crippen molar-refractivity contribution in [2.24, 2.45) is 5.73 Å². The second-order valence-electron chi connectivity index (χ2n) is 1.95. The quantitative estimate of drug-likeness (QED) is 0.581. The Hall–Kier alpha value is -1.09. The molecule has 3 heteroatoms. The van der Waals surface area contributed by atoms with Crippen LogP contribution in [0.3, 0.4) is 0 Å². The van der Waals surface area contributed by atoms with E-state index in [4.69, 9.17) is 10.8 Å². The van der Waals surface area contributed by atoms with E-state index in [9.17, 15) is 0 Å². The van der Waals surface area contributed by atoms with Crippen LogP contribution in [0.15, 0.2) is 30.3 Å². The third kappa shape index (κ3) is 8.91. The lowest BCUT2D eigenvalue weighted by Gasteiger charge is -1.82. The summed E-state index contributed by atoms with van der Waals surface area (Å²) in [6.45, 7) is 1.68. The first kappa shape index (κ1) is 9.91. The number of phenols is 1. The highest BCUT2D eigenvalue weighted by Gasteiger charge is 1.74. The van der Waals surface area contributed by atoms with E-state index in [0.717, 1.165) is 0 Å². The third-order valence-electron chi connectivity index (χ3n) is 0.756. The third-order valence-corrected chi connectivity index (χ3v) is 0.756. The van der Waals surface area contributed by atoms with Crippen LogP contribution in [0.4, 0.5) is 0 Å². The van der Waals surface area contributed by atoms with Crippen LogP contribution in [-0.4, -0.2) is 10.1 Å². The fourth-order valence-corrected chi connectivity index (χ4v) is 0.428. The minimum absolute atomic E-state index is 0.322. The molecule has 1 aromatic rings. The van der Waals surface area contributed by atoms with Crippen LogP contribution in [0, 0.1) is 0 Å². The smallest absolute Gasteiger partial charge is 0.115 e. The first-order chi connectivity index (χ1) is 5.13. The van der Waals surface area contributed by atoms with E-state index in [-0.39, 0.29) is 0 Å². The average Bonchev–Trinajstić information content (AvgIpc) is 1.87. The Morgan fingerprint density at radius 2 is 1.73 bits per heavy atom. The molecule has 0 bridgehead atoms. The molecule has 1 aromatic carbocycles. The molecular weight excluding hydrogens is 158 g/mol. The van der Waals surface area contributed by atoms with Crippen molar-refractivity contribution in [3.8, 4) is 5.75 Å². The molecule has 3 N–H and O–H groups in total. The molecule has 0 aliphatic heterocycles. The highest BCUT2D eigenvalue weighted by molar-refractivity contribution is 7.80. The molecule has 0 unspecified atom stereocenters. The van der Waals surface area contributed by atoms with Gasteiger partial charge in [-0.1, -0.05) is 30.4 Å². The van der Waals surface area contributed by atoms with Crippen molar-refractivity contribution in [2.45, 2.75) is 6.92 Å². The molecule has 0 saturated carbocycles. The molecule has 0 aliphatic rings. The monoisotopic (exact) mass is 169 g/mol. The largest absolute Gasteiger partial charge is 0.508 e. The van der Waals surface area contributed by atoms with Crippen LogP contribution in [0.5, 0.6) is 5.75 Å². The number of phenolic OH excluding ortho intramolecular Hbond substituents is 1. The van der Waals surface area contributed by atoms with Crippen LogP contribution in [0.1, 0.15) is 6.92 Å². The zero-order valence-electron chi connectivity index (χ0n) is 6.32. The minimum atomic E-state index is 0.322. The molecule has 0 aromatic heterocycles.